The minimum Gasteiger partial charge on any atom is -0.423 e. The first-order valence-corrected chi connectivity index (χ1v) is 7.11. The van der Waals surface area contributed by atoms with Crippen molar-refractivity contribution in [2.45, 2.75) is 0 Å². The van der Waals surface area contributed by atoms with Crippen molar-refractivity contribution in [3.05, 3.63) is 58.1 Å². The molecule has 5 nitrogen and oxygen atoms in total. The lowest BCUT2D eigenvalue weighted by atomic mass is 10.2. The lowest BCUT2D eigenvalue weighted by Gasteiger charge is -2.08. The molecule has 0 radical (unpaired) electrons. The number of hydrogen-bond donors (Lipinski definition) is 2. The summed E-state index contributed by atoms with van der Waals surface area (Å²) in [5.41, 5.74) is 3.64. The van der Waals surface area contributed by atoms with Crippen LogP contribution < -0.4 is 10.2 Å². The highest BCUT2D eigenvalue weighted by molar-refractivity contribution is 6.34. The van der Waals surface area contributed by atoms with Gasteiger partial charge in [0.2, 0.25) is 0 Å². The normalized spacial score (nSPS) is 10.3. The van der Waals surface area contributed by atoms with Gasteiger partial charge in [0, 0.05) is 10.0 Å². The Morgan fingerprint density at radius 3 is 2.32 bits per heavy atom. The molecule has 0 aromatic heterocycles. The van der Waals surface area contributed by atoms with Crippen molar-refractivity contribution in [1.29, 1.82) is 0 Å². The summed E-state index contributed by atoms with van der Waals surface area (Å²) in [7, 11) is 0. The van der Waals surface area contributed by atoms with Gasteiger partial charge in [-0.3, -0.25) is 10.3 Å². The van der Waals surface area contributed by atoms with Crippen molar-refractivity contribution in [2.24, 2.45) is 0 Å². The van der Waals surface area contributed by atoms with Crippen molar-refractivity contribution in [2.75, 3.05) is 18.7 Å². The average molecular weight is 342 g/mol. The Balaban J connectivity index is 2.00. The van der Waals surface area contributed by atoms with Crippen LogP contribution in [-0.4, -0.2) is 24.3 Å². The van der Waals surface area contributed by atoms with Gasteiger partial charge in [-0.05, 0) is 42.5 Å². The Labute approximate surface area is 137 Å². The van der Waals surface area contributed by atoms with Crippen molar-refractivity contribution < 1.29 is 19.5 Å². The van der Waals surface area contributed by atoms with Crippen LogP contribution in [0.15, 0.2) is 42.5 Å². The second-order valence-electron chi connectivity index (χ2n) is 4.25. The highest BCUT2D eigenvalue weighted by Crippen LogP contribution is 2.25. The number of rotatable bonds is 6. The summed E-state index contributed by atoms with van der Waals surface area (Å²) in [6.07, 6.45) is 0. The number of carbonyl (C=O) groups excluding carboxylic acids is 1. The van der Waals surface area contributed by atoms with E-state index in [0.29, 0.717) is 21.3 Å². The van der Waals surface area contributed by atoms with Gasteiger partial charge in [0.25, 0.3) is 0 Å². The summed E-state index contributed by atoms with van der Waals surface area (Å²) in [6.45, 7) is 0.0823. The van der Waals surface area contributed by atoms with E-state index in [4.69, 9.17) is 37.9 Å². The summed E-state index contributed by atoms with van der Waals surface area (Å²) in [6, 6.07) is 11.0. The maximum absolute atomic E-state index is 12.0. The van der Waals surface area contributed by atoms with Crippen LogP contribution in [0.25, 0.3) is 0 Å². The number of carbonyl (C=O) groups is 1. The molecule has 0 spiro atoms. The largest absolute Gasteiger partial charge is 0.423 e. The van der Waals surface area contributed by atoms with Crippen LogP contribution >= 0.6 is 23.2 Å². The van der Waals surface area contributed by atoms with E-state index in [9.17, 15) is 4.79 Å². The molecule has 0 saturated carbocycles. The zero-order chi connectivity index (χ0) is 15.9. The van der Waals surface area contributed by atoms with Crippen LogP contribution in [0.2, 0.25) is 10.0 Å². The van der Waals surface area contributed by atoms with Crippen LogP contribution in [0.4, 0.5) is 5.69 Å². The number of halogens is 2. The molecule has 0 bridgehead atoms. The van der Waals surface area contributed by atoms with E-state index >= 15 is 0 Å². The molecule has 0 saturated heterocycles. The van der Waals surface area contributed by atoms with Gasteiger partial charge in [-0.25, -0.2) is 4.79 Å². The van der Waals surface area contributed by atoms with Gasteiger partial charge in [-0.15, -0.1) is 0 Å². The van der Waals surface area contributed by atoms with Gasteiger partial charge in [0.05, 0.1) is 24.5 Å². The molecule has 0 aliphatic rings. The molecule has 0 heterocycles. The minimum absolute atomic E-state index is 0.0837. The van der Waals surface area contributed by atoms with Gasteiger partial charge in [-0.2, -0.15) is 0 Å². The maximum Gasteiger partial charge on any atom is 0.343 e. The molecule has 0 fully saturated rings. The smallest absolute Gasteiger partial charge is 0.343 e. The number of hydrogen-bond acceptors (Lipinski definition) is 5. The molecule has 0 atom stereocenters. The van der Waals surface area contributed by atoms with E-state index in [-0.39, 0.29) is 19.0 Å². The summed E-state index contributed by atoms with van der Waals surface area (Å²) in [5, 5.41) is 9.37. The molecule has 2 N–H and O–H groups in total. The molecule has 2 aromatic rings. The predicted octanol–water partition coefficient (Wildman–Crippen LogP) is 3.55. The third kappa shape index (κ3) is 4.89. The number of nitrogens with one attached hydrogen (secondary N) is 1. The van der Waals surface area contributed by atoms with Gasteiger partial charge in [0.15, 0.2) is 0 Å². The molecule has 2 aromatic carbocycles. The number of esters is 1. The second kappa shape index (κ2) is 8.00. The molecule has 0 amide bonds. The molecule has 2 rings (SSSR count). The second-order valence-corrected chi connectivity index (χ2v) is 5.12. The first-order chi connectivity index (χ1) is 10.6. The zero-order valence-electron chi connectivity index (χ0n) is 11.4. The highest BCUT2D eigenvalue weighted by atomic mass is 35.5. The summed E-state index contributed by atoms with van der Waals surface area (Å²) >= 11 is 11.7. The molecular weight excluding hydrogens is 329 g/mol. The first-order valence-electron chi connectivity index (χ1n) is 6.35. The number of anilines is 1. The van der Waals surface area contributed by atoms with Crippen molar-refractivity contribution in [3.63, 3.8) is 0 Å². The highest BCUT2D eigenvalue weighted by Gasteiger charge is 2.09. The fourth-order valence-electron chi connectivity index (χ4n) is 1.61. The molecule has 0 aliphatic heterocycles. The fourth-order valence-corrected chi connectivity index (χ4v) is 2.11. The Morgan fingerprint density at radius 2 is 1.73 bits per heavy atom. The summed E-state index contributed by atoms with van der Waals surface area (Å²) < 4.78 is 5.21. The topological polar surface area (TPSA) is 67.8 Å². The zero-order valence-corrected chi connectivity index (χ0v) is 12.9. The Morgan fingerprint density at radius 1 is 1.09 bits per heavy atom. The quantitative estimate of drug-likeness (QED) is 0.364. The van der Waals surface area contributed by atoms with Gasteiger partial charge in [-0.1, -0.05) is 23.2 Å². The van der Waals surface area contributed by atoms with Crippen LogP contribution in [0.3, 0.4) is 0 Å². The molecule has 0 aliphatic carbocycles. The van der Waals surface area contributed by atoms with E-state index in [0.717, 1.165) is 0 Å². The lowest BCUT2D eigenvalue weighted by molar-refractivity contribution is 0.0735. The molecule has 7 heteroatoms. The van der Waals surface area contributed by atoms with Gasteiger partial charge in [0.1, 0.15) is 5.75 Å². The summed E-state index contributed by atoms with van der Waals surface area (Å²) in [5.74, 6) is -0.253. The maximum atomic E-state index is 12.0. The average Bonchev–Trinajstić information content (AvgIpc) is 2.47. The van der Waals surface area contributed by atoms with E-state index in [1.165, 1.54) is 12.1 Å². The standard InChI is InChI=1S/C15H13Cl2NO4/c16-11-7-12(17)9-14(8-11)22-15(20)10-1-3-13(4-2-10)18-21-6-5-19/h1-4,7-9,18-19H,5-6H2. The van der Waals surface area contributed by atoms with Gasteiger partial charge >= 0.3 is 5.97 Å². The van der Waals surface area contributed by atoms with Crippen LogP contribution in [-0.2, 0) is 4.84 Å². The Bertz CT molecular complexity index is 626. The third-order valence-corrected chi connectivity index (χ3v) is 2.99. The molecule has 22 heavy (non-hydrogen) atoms. The van der Waals surface area contributed by atoms with Crippen molar-refractivity contribution in [3.8, 4) is 5.75 Å². The number of aliphatic hydroxyl groups excluding tert-OH is 1. The predicted molar refractivity (Wildman–Crippen MR) is 84.5 cm³/mol. The molecule has 116 valence electrons. The number of benzene rings is 2. The van der Waals surface area contributed by atoms with E-state index in [2.05, 4.69) is 5.48 Å². The van der Waals surface area contributed by atoms with Crippen LogP contribution in [0.5, 0.6) is 5.75 Å². The number of aliphatic hydroxyl groups is 1. The van der Waals surface area contributed by atoms with Crippen LogP contribution in [0, 0.1) is 0 Å². The fraction of sp³-hybridized carbons (Fsp3) is 0.133. The van der Waals surface area contributed by atoms with Crippen molar-refractivity contribution >= 4 is 34.9 Å². The van der Waals surface area contributed by atoms with E-state index in [1.54, 1.807) is 30.3 Å². The number of ether oxygens (including phenoxy) is 1. The van der Waals surface area contributed by atoms with E-state index < -0.39 is 5.97 Å². The molecule has 0 unspecified atom stereocenters. The Kier molecular flexibility index (Phi) is 6.03. The van der Waals surface area contributed by atoms with E-state index in [1.807, 2.05) is 0 Å². The first kappa shape index (κ1) is 16.6. The third-order valence-electron chi connectivity index (χ3n) is 2.55. The minimum atomic E-state index is -0.527. The summed E-state index contributed by atoms with van der Waals surface area (Å²) in [4.78, 5) is 17.0. The molecular formula is C15H13Cl2NO4. The Hall–Kier alpha value is -1.79. The van der Waals surface area contributed by atoms with Gasteiger partial charge < -0.3 is 9.84 Å². The SMILES string of the molecule is O=C(Oc1cc(Cl)cc(Cl)c1)c1ccc(NOCCO)cc1. The van der Waals surface area contributed by atoms with Crippen LogP contribution in [0.1, 0.15) is 10.4 Å². The van der Waals surface area contributed by atoms with Crippen molar-refractivity contribution in [1.82, 2.24) is 0 Å². The lowest BCUT2D eigenvalue weighted by Crippen LogP contribution is -2.09. The monoisotopic (exact) mass is 341 g/mol.